The number of nitrogens with zero attached hydrogens (tertiary/aromatic N) is 8. The molecule has 15 nitrogen and oxygen atoms in total. The fraction of sp³-hybridized carbons (Fsp3) is 0.390. The quantitative estimate of drug-likeness (QED) is 0.208. The topological polar surface area (TPSA) is 156 Å². The number of amides is 2. The summed E-state index contributed by atoms with van der Waals surface area (Å²) in [5.41, 5.74) is 12.9. The van der Waals surface area contributed by atoms with Gasteiger partial charge < -0.3 is 20.3 Å². The van der Waals surface area contributed by atoms with Crippen molar-refractivity contribution in [3.63, 3.8) is 0 Å². The van der Waals surface area contributed by atoms with Gasteiger partial charge in [-0.1, -0.05) is 17.8 Å². The normalized spacial score (nSPS) is 21.7. The van der Waals surface area contributed by atoms with Crippen molar-refractivity contribution in [3.05, 3.63) is 90.0 Å². The summed E-state index contributed by atoms with van der Waals surface area (Å²) in [6.07, 6.45) is 5.40. The largest absolute Gasteiger partial charge is 0.454 e. The van der Waals surface area contributed by atoms with E-state index >= 15 is 0 Å². The van der Waals surface area contributed by atoms with Crippen molar-refractivity contribution in [2.45, 2.75) is 56.5 Å². The van der Waals surface area contributed by atoms with Crippen LogP contribution >= 0.6 is 0 Å². The average molecular weight is 775 g/mol. The van der Waals surface area contributed by atoms with E-state index in [4.69, 9.17) is 25.2 Å². The minimum atomic E-state index is -0.690. The summed E-state index contributed by atoms with van der Waals surface area (Å²) in [6, 6.07) is 20.5. The zero-order valence-corrected chi connectivity index (χ0v) is 31.3. The average Bonchev–Trinajstić information content (AvgIpc) is 3.74. The number of rotatable bonds is 8. The first kappa shape index (κ1) is 35.9. The second kappa shape index (κ2) is 14.8. The van der Waals surface area contributed by atoms with Crippen LogP contribution in [0.2, 0.25) is 0 Å². The number of aromatic nitrogens is 4. The Morgan fingerprint density at radius 1 is 0.807 bits per heavy atom. The summed E-state index contributed by atoms with van der Waals surface area (Å²) >= 11 is 0. The third kappa shape index (κ3) is 6.56. The number of para-hydroxylation sites is 1. The number of carbonyl (C=O) groups excluding carboxylic acids is 2. The molecular weight excluding hydrogens is 732 g/mol. The van der Waals surface area contributed by atoms with Crippen LogP contribution in [0, 0.1) is 5.82 Å². The molecule has 0 bridgehead atoms. The zero-order chi connectivity index (χ0) is 38.6. The number of hydrogen-bond acceptors (Lipinski definition) is 13. The van der Waals surface area contributed by atoms with Gasteiger partial charge in [0.05, 0.1) is 29.2 Å². The highest BCUT2D eigenvalue weighted by Crippen LogP contribution is 2.37. The van der Waals surface area contributed by atoms with Crippen LogP contribution in [-0.4, -0.2) is 110 Å². The molecule has 4 fully saturated rings. The van der Waals surface area contributed by atoms with Crippen molar-refractivity contribution >= 4 is 34.4 Å². The summed E-state index contributed by atoms with van der Waals surface area (Å²) < 4.78 is 22.0. The van der Waals surface area contributed by atoms with E-state index in [1.54, 1.807) is 36.4 Å². The first-order valence-electron chi connectivity index (χ1n) is 19.7. The lowest BCUT2D eigenvalue weighted by atomic mass is 9.95. The van der Waals surface area contributed by atoms with Crippen LogP contribution in [0.4, 0.5) is 15.9 Å². The predicted molar refractivity (Wildman–Crippen MR) is 208 cm³/mol. The van der Waals surface area contributed by atoms with E-state index in [2.05, 4.69) is 30.3 Å². The Balaban J connectivity index is 0.736. The van der Waals surface area contributed by atoms with Crippen LogP contribution in [0.1, 0.15) is 58.9 Å². The summed E-state index contributed by atoms with van der Waals surface area (Å²) in [4.78, 5) is 54.2. The van der Waals surface area contributed by atoms with E-state index in [1.807, 2.05) is 28.9 Å². The molecule has 5 aromatic rings. The molecular formula is C41H43FN10O5. The Hall–Kier alpha value is -5.52. The van der Waals surface area contributed by atoms with Crippen LogP contribution < -0.4 is 21.0 Å². The van der Waals surface area contributed by atoms with Crippen LogP contribution in [0.5, 0.6) is 11.5 Å². The number of ether oxygens (including phenoxy) is 1. The van der Waals surface area contributed by atoms with Gasteiger partial charge in [0, 0.05) is 69.0 Å². The fourth-order valence-electron chi connectivity index (χ4n) is 9.03. The Morgan fingerprint density at radius 3 is 2.26 bits per heavy atom. The molecule has 3 aromatic carbocycles. The van der Waals surface area contributed by atoms with Gasteiger partial charge in [-0.2, -0.15) is 5.10 Å². The molecule has 0 aliphatic carbocycles. The minimum Gasteiger partial charge on any atom is -0.454 e. The van der Waals surface area contributed by atoms with E-state index in [0.29, 0.717) is 47.8 Å². The van der Waals surface area contributed by atoms with Crippen LogP contribution in [0.25, 0.3) is 22.3 Å². The lowest BCUT2D eigenvalue weighted by Crippen LogP contribution is -2.62. The van der Waals surface area contributed by atoms with E-state index in [-0.39, 0.29) is 23.6 Å². The number of hydrogen-bond donors (Lipinski definition) is 2. The number of fused-ring (bicyclic) bond motifs is 2. The van der Waals surface area contributed by atoms with Gasteiger partial charge in [0.2, 0.25) is 0 Å². The molecule has 5 aliphatic rings. The number of nitrogen functional groups attached to an aromatic ring is 1. The van der Waals surface area contributed by atoms with E-state index in [1.165, 1.54) is 17.3 Å². The maximum atomic E-state index is 14.2. The Labute approximate surface area is 328 Å². The second-order valence-corrected chi connectivity index (χ2v) is 15.4. The molecule has 0 spiro atoms. The highest BCUT2D eigenvalue weighted by atomic mass is 19.1. The van der Waals surface area contributed by atoms with Crippen molar-refractivity contribution in [1.82, 2.24) is 40.1 Å². The molecule has 294 valence electrons. The Kier molecular flexibility index (Phi) is 9.29. The van der Waals surface area contributed by atoms with Crippen molar-refractivity contribution < 1.29 is 28.4 Å². The van der Waals surface area contributed by atoms with Crippen molar-refractivity contribution in [3.8, 4) is 22.8 Å². The predicted octanol–water partition coefficient (Wildman–Crippen LogP) is 4.78. The van der Waals surface area contributed by atoms with Crippen molar-refractivity contribution in [2.75, 3.05) is 56.5 Å². The first-order chi connectivity index (χ1) is 27.9. The molecule has 2 amide bonds. The van der Waals surface area contributed by atoms with Crippen LogP contribution in [-0.2, 0) is 9.68 Å². The lowest BCUT2D eigenvalue weighted by molar-refractivity contribution is -0.259. The molecule has 4 saturated heterocycles. The Bertz CT molecular complexity index is 2310. The highest BCUT2D eigenvalue weighted by Gasteiger charge is 2.43. The van der Waals surface area contributed by atoms with Gasteiger partial charge in [-0.05, 0) is 80.3 Å². The molecule has 16 heteroatoms. The van der Waals surface area contributed by atoms with E-state index in [9.17, 15) is 14.0 Å². The van der Waals surface area contributed by atoms with Gasteiger partial charge in [-0.25, -0.2) is 23.9 Å². The molecule has 1 atom stereocenters. The van der Waals surface area contributed by atoms with Crippen LogP contribution in [0.15, 0.2) is 73.1 Å². The van der Waals surface area contributed by atoms with Crippen molar-refractivity contribution in [2.24, 2.45) is 0 Å². The zero-order valence-electron chi connectivity index (χ0n) is 31.3. The maximum Gasteiger partial charge on any atom is 0.263 e. The number of halogens is 1. The maximum absolute atomic E-state index is 14.2. The third-order valence-corrected chi connectivity index (χ3v) is 12.2. The summed E-state index contributed by atoms with van der Waals surface area (Å²) in [5, 5.41) is 5.82. The van der Waals surface area contributed by atoms with Gasteiger partial charge in [0.1, 0.15) is 23.6 Å². The molecule has 2 aromatic heterocycles. The molecule has 7 heterocycles. The number of nitrogens with one attached hydrogen (secondary N) is 1. The standard InChI is InChI=1S/C41H43FN10O5/c42-33-3-1-2-4-34(33)56-30-8-5-25(6-9-30)37-36-38(43)44-24-45-39(36)52(46-37)27-13-18-48(19-14-27)26-11-16-49(17-12-26)29-22-50(23-29)28-7-10-31-32(21-28)41(54)51(40(31)53)35-15-20-55-47-57-35/h1-10,21,24,26-27,29,35,47H,11-20,22-23H2,(H2,43,44,45). The molecule has 10 rings (SSSR count). The minimum absolute atomic E-state index is 0.167. The monoisotopic (exact) mass is 774 g/mol. The molecule has 5 aliphatic heterocycles. The van der Waals surface area contributed by atoms with Crippen molar-refractivity contribution in [1.29, 1.82) is 0 Å². The smallest absolute Gasteiger partial charge is 0.263 e. The third-order valence-electron chi connectivity index (χ3n) is 12.2. The summed E-state index contributed by atoms with van der Waals surface area (Å²) in [5.74, 6) is -0.00634. The van der Waals surface area contributed by atoms with E-state index < -0.39 is 12.0 Å². The fourth-order valence-corrected chi connectivity index (χ4v) is 9.03. The van der Waals surface area contributed by atoms with Gasteiger partial charge in [0.25, 0.3) is 11.8 Å². The SMILES string of the molecule is Nc1ncnc2c1c(-c1ccc(Oc3ccccc3F)cc1)nn2C1CCN(C2CCN(C3CN(c4ccc5c(c4)C(=O)N(C4CCONO4)C5=O)C3)CC2)CC1. The second-order valence-electron chi connectivity index (χ2n) is 15.4. The molecule has 0 saturated carbocycles. The van der Waals surface area contributed by atoms with Crippen LogP contribution in [0.3, 0.4) is 0 Å². The molecule has 1 unspecified atom stereocenters. The van der Waals surface area contributed by atoms with Gasteiger partial charge >= 0.3 is 0 Å². The number of likely N-dealkylation sites (tertiary alicyclic amines) is 2. The highest BCUT2D eigenvalue weighted by molar-refractivity contribution is 6.22. The first-order valence-corrected chi connectivity index (χ1v) is 19.7. The summed E-state index contributed by atoms with van der Waals surface area (Å²) in [6.45, 7) is 6.23. The Morgan fingerprint density at radius 2 is 1.53 bits per heavy atom. The van der Waals surface area contributed by atoms with Gasteiger partial charge in [-0.3, -0.25) is 24.2 Å². The number of anilines is 2. The van der Waals surface area contributed by atoms with Gasteiger partial charge in [-0.15, -0.1) is 0 Å². The number of carbonyl (C=O) groups is 2. The molecule has 3 N–H and O–H groups in total. The number of imide groups is 1. The molecule has 0 radical (unpaired) electrons. The van der Waals surface area contributed by atoms with Gasteiger partial charge in [0.15, 0.2) is 23.4 Å². The summed E-state index contributed by atoms with van der Waals surface area (Å²) in [7, 11) is 0. The lowest BCUT2D eigenvalue weighted by Gasteiger charge is -2.50. The molecule has 57 heavy (non-hydrogen) atoms. The number of nitrogens with two attached hydrogens (primary N) is 1. The number of piperidine rings is 2. The number of benzene rings is 3. The van der Waals surface area contributed by atoms with E-state index in [0.717, 1.165) is 92.9 Å².